The summed E-state index contributed by atoms with van der Waals surface area (Å²) >= 11 is 0. The summed E-state index contributed by atoms with van der Waals surface area (Å²) in [5.74, 6) is 1.06. The van der Waals surface area contributed by atoms with Gasteiger partial charge in [0.1, 0.15) is 18.1 Å². The third-order valence-electron chi connectivity index (χ3n) is 4.11. The molecule has 0 bridgehead atoms. The van der Waals surface area contributed by atoms with Gasteiger partial charge in [0.2, 0.25) is 0 Å². The molecule has 3 rings (SSSR count). The lowest BCUT2D eigenvalue weighted by atomic mass is 9.93. The van der Waals surface area contributed by atoms with Crippen LogP contribution in [0.5, 0.6) is 11.5 Å². The molecule has 1 aromatic carbocycles. The Morgan fingerprint density at radius 3 is 2.74 bits per heavy atom. The van der Waals surface area contributed by atoms with Crippen molar-refractivity contribution in [2.45, 2.75) is 12.1 Å². The summed E-state index contributed by atoms with van der Waals surface area (Å²) in [6.07, 6.45) is 0. The first-order chi connectivity index (χ1) is 9.16. The second-order valence-corrected chi connectivity index (χ2v) is 5.45. The normalized spacial score (nSPS) is 28.7. The number of rotatable bonds is 1. The largest absolute Gasteiger partial charge is 0.507 e. The van der Waals surface area contributed by atoms with Crippen molar-refractivity contribution >= 4 is 0 Å². The maximum absolute atomic E-state index is 10.2. The first-order valence-electron chi connectivity index (χ1n) is 6.79. The molecule has 0 radical (unpaired) electrons. The molecule has 5 heteroatoms. The molecule has 2 aliphatic rings. The lowest BCUT2D eigenvalue weighted by Gasteiger charge is -2.43. The number of aromatic hydroxyl groups is 1. The van der Waals surface area contributed by atoms with Gasteiger partial charge in [-0.2, -0.15) is 0 Å². The first-order valence-corrected chi connectivity index (χ1v) is 6.79. The van der Waals surface area contributed by atoms with Gasteiger partial charge in [0.25, 0.3) is 0 Å². The maximum Gasteiger partial charge on any atom is 0.127 e. The van der Waals surface area contributed by atoms with Crippen LogP contribution >= 0.6 is 0 Å². The van der Waals surface area contributed by atoms with Gasteiger partial charge in [-0.15, -0.1) is 0 Å². The second kappa shape index (κ2) is 5.00. The van der Waals surface area contributed by atoms with E-state index < -0.39 is 0 Å². The molecule has 0 amide bonds. The zero-order valence-electron chi connectivity index (χ0n) is 11.2. The molecule has 0 aliphatic carbocycles. The molecule has 5 nitrogen and oxygen atoms in total. The number of nitrogens with two attached hydrogens (primary N) is 1. The number of hydrogen-bond acceptors (Lipinski definition) is 5. The number of nitrogens with zero attached hydrogens (tertiary/aromatic N) is 2. The van der Waals surface area contributed by atoms with E-state index in [1.165, 1.54) is 0 Å². The smallest absolute Gasteiger partial charge is 0.127 e. The van der Waals surface area contributed by atoms with Crippen molar-refractivity contribution in [2.24, 2.45) is 5.73 Å². The molecule has 2 unspecified atom stereocenters. The van der Waals surface area contributed by atoms with Gasteiger partial charge < -0.3 is 20.5 Å². The van der Waals surface area contributed by atoms with Crippen molar-refractivity contribution < 1.29 is 9.84 Å². The van der Waals surface area contributed by atoms with E-state index in [4.69, 9.17) is 10.5 Å². The van der Waals surface area contributed by atoms with Crippen LogP contribution in [0.15, 0.2) is 18.2 Å². The number of fused-ring (bicyclic) bond motifs is 1. The highest BCUT2D eigenvalue weighted by molar-refractivity contribution is 5.48. The Bertz CT molecular complexity index is 458. The fourth-order valence-electron chi connectivity index (χ4n) is 3.00. The SMILES string of the molecule is CN1CCN(C2c3c(O)cccc3OCC2N)CC1. The fourth-order valence-corrected chi connectivity index (χ4v) is 3.00. The van der Waals surface area contributed by atoms with Gasteiger partial charge in [-0.05, 0) is 19.2 Å². The third kappa shape index (κ3) is 2.29. The van der Waals surface area contributed by atoms with E-state index in [0.29, 0.717) is 6.61 Å². The monoisotopic (exact) mass is 263 g/mol. The molecule has 1 saturated heterocycles. The van der Waals surface area contributed by atoms with E-state index in [1.54, 1.807) is 6.07 Å². The summed E-state index contributed by atoms with van der Waals surface area (Å²) in [6.45, 7) is 4.53. The number of phenols is 1. The average molecular weight is 263 g/mol. The summed E-state index contributed by atoms with van der Waals surface area (Å²) in [5, 5.41) is 10.2. The minimum atomic E-state index is -0.0933. The van der Waals surface area contributed by atoms with Gasteiger partial charge in [-0.25, -0.2) is 0 Å². The molecule has 0 saturated carbocycles. The van der Waals surface area contributed by atoms with Crippen LogP contribution in [0.4, 0.5) is 0 Å². The molecule has 3 N–H and O–H groups in total. The molecular formula is C14H21N3O2. The van der Waals surface area contributed by atoms with Crippen LogP contribution in [-0.4, -0.2) is 60.8 Å². The molecule has 1 fully saturated rings. The van der Waals surface area contributed by atoms with Crippen molar-refractivity contribution in [3.05, 3.63) is 23.8 Å². The van der Waals surface area contributed by atoms with Crippen LogP contribution in [0.25, 0.3) is 0 Å². The molecule has 104 valence electrons. The summed E-state index contributed by atoms with van der Waals surface area (Å²) in [6, 6.07) is 5.39. The Morgan fingerprint density at radius 1 is 1.26 bits per heavy atom. The van der Waals surface area contributed by atoms with Crippen LogP contribution in [0.3, 0.4) is 0 Å². The molecule has 19 heavy (non-hydrogen) atoms. The number of piperazine rings is 1. The molecule has 1 aromatic rings. The Labute approximate surface area is 113 Å². The van der Waals surface area contributed by atoms with Gasteiger partial charge in [0, 0.05) is 26.2 Å². The summed E-state index contributed by atoms with van der Waals surface area (Å²) < 4.78 is 5.64. The van der Waals surface area contributed by atoms with Gasteiger partial charge in [0.05, 0.1) is 17.6 Å². The maximum atomic E-state index is 10.2. The van der Waals surface area contributed by atoms with E-state index in [-0.39, 0.29) is 17.8 Å². The Hall–Kier alpha value is -1.30. The third-order valence-corrected chi connectivity index (χ3v) is 4.11. The van der Waals surface area contributed by atoms with E-state index in [9.17, 15) is 5.11 Å². The van der Waals surface area contributed by atoms with Crippen LogP contribution in [0, 0.1) is 0 Å². The number of phenolic OH excluding ortho intramolecular Hbond substituents is 1. The zero-order valence-corrected chi connectivity index (χ0v) is 11.2. The molecule has 2 aliphatic heterocycles. The molecule has 2 heterocycles. The predicted molar refractivity (Wildman–Crippen MR) is 73.4 cm³/mol. The molecule has 2 atom stereocenters. The second-order valence-electron chi connectivity index (χ2n) is 5.45. The average Bonchev–Trinajstić information content (AvgIpc) is 2.41. The van der Waals surface area contributed by atoms with Gasteiger partial charge in [0.15, 0.2) is 0 Å². The highest BCUT2D eigenvalue weighted by atomic mass is 16.5. The van der Waals surface area contributed by atoms with Gasteiger partial charge in [-0.3, -0.25) is 4.90 Å². The van der Waals surface area contributed by atoms with Crippen LogP contribution in [-0.2, 0) is 0 Å². The van der Waals surface area contributed by atoms with Crippen molar-refractivity contribution in [1.29, 1.82) is 0 Å². The molecular weight excluding hydrogens is 242 g/mol. The number of benzene rings is 1. The van der Waals surface area contributed by atoms with Crippen molar-refractivity contribution in [3.8, 4) is 11.5 Å². The van der Waals surface area contributed by atoms with Crippen molar-refractivity contribution in [1.82, 2.24) is 9.80 Å². The minimum absolute atomic E-state index is 0.0543. The number of hydrogen-bond donors (Lipinski definition) is 2. The predicted octanol–water partition coefficient (Wildman–Crippen LogP) is 0.400. The van der Waals surface area contributed by atoms with Crippen LogP contribution in [0.1, 0.15) is 11.6 Å². The lowest BCUT2D eigenvalue weighted by Crippen LogP contribution is -2.53. The van der Waals surface area contributed by atoms with E-state index in [1.807, 2.05) is 12.1 Å². The Kier molecular flexibility index (Phi) is 3.35. The lowest BCUT2D eigenvalue weighted by molar-refractivity contribution is 0.0707. The highest BCUT2D eigenvalue weighted by Gasteiger charge is 2.36. The number of ether oxygens (including phenoxy) is 1. The standard InChI is InChI=1S/C14H21N3O2/c1-16-5-7-17(8-6-16)14-10(15)9-19-12-4-2-3-11(18)13(12)14/h2-4,10,14,18H,5-9,15H2,1H3. The summed E-state index contributed by atoms with van der Waals surface area (Å²) in [7, 11) is 2.13. The summed E-state index contributed by atoms with van der Waals surface area (Å²) in [5.41, 5.74) is 7.09. The van der Waals surface area contributed by atoms with Crippen LogP contribution in [0.2, 0.25) is 0 Å². The Balaban J connectivity index is 1.92. The number of likely N-dealkylation sites (N-methyl/N-ethyl adjacent to an activating group) is 1. The van der Waals surface area contributed by atoms with E-state index >= 15 is 0 Å². The van der Waals surface area contributed by atoms with Crippen molar-refractivity contribution in [2.75, 3.05) is 39.8 Å². The quantitative estimate of drug-likeness (QED) is 0.768. The first kappa shape index (κ1) is 12.7. The molecule has 0 aromatic heterocycles. The van der Waals surface area contributed by atoms with Crippen LogP contribution < -0.4 is 10.5 Å². The van der Waals surface area contributed by atoms with Gasteiger partial charge in [-0.1, -0.05) is 6.07 Å². The zero-order chi connectivity index (χ0) is 13.4. The topological polar surface area (TPSA) is 62.0 Å². The highest BCUT2D eigenvalue weighted by Crippen LogP contribution is 2.41. The molecule has 0 spiro atoms. The van der Waals surface area contributed by atoms with E-state index in [2.05, 4.69) is 16.8 Å². The van der Waals surface area contributed by atoms with Gasteiger partial charge >= 0.3 is 0 Å². The fraction of sp³-hybridized carbons (Fsp3) is 0.571. The van der Waals surface area contributed by atoms with Crippen molar-refractivity contribution in [3.63, 3.8) is 0 Å². The minimum Gasteiger partial charge on any atom is -0.507 e. The summed E-state index contributed by atoms with van der Waals surface area (Å²) in [4.78, 5) is 4.68. The van der Waals surface area contributed by atoms with E-state index in [0.717, 1.165) is 37.5 Å². The Morgan fingerprint density at radius 2 is 2.00 bits per heavy atom.